The number of amides is 1. The van der Waals surface area contributed by atoms with Crippen LogP contribution < -0.4 is 10.6 Å². The molecule has 0 unspecified atom stereocenters. The van der Waals surface area contributed by atoms with Crippen molar-refractivity contribution >= 4 is 22.6 Å². The molecule has 6 nitrogen and oxygen atoms in total. The summed E-state index contributed by atoms with van der Waals surface area (Å²) >= 11 is 0. The van der Waals surface area contributed by atoms with E-state index in [9.17, 15) is 4.79 Å². The first kappa shape index (κ1) is 11.9. The molecule has 0 bridgehead atoms. The van der Waals surface area contributed by atoms with Crippen LogP contribution in [0.15, 0.2) is 24.5 Å². The van der Waals surface area contributed by atoms with Crippen molar-refractivity contribution in [3.63, 3.8) is 0 Å². The number of benzene rings is 1. The van der Waals surface area contributed by atoms with Crippen molar-refractivity contribution in [3.8, 4) is 0 Å². The van der Waals surface area contributed by atoms with Crippen LogP contribution in [0.3, 0.4) is 0 Å². The van der Waals surface area contributed by atoms with Gasteiger partial charge in [-0.2, -0.15) is 0 Å². The summed E-state index contributed by atoms with van der Waals surface area (Å²) in [5, 5.41) is 0.848. The SMILES string of the molecule is NC(=O)c1cccc2c(N3CCOCC3)ncnc12. The largest absolute Gasteiger partial charge is 0.378 e. The lowest BCUT2D eigenvalue weighted by Crippen LogP contribution is -2.37. The molecule has 1 saturated heterocycles. The molecule has 6 heteroatoms. The summed E-state index contributed by atoms with van der Waals surface area (Å²) in [6, 6.07) is 5.39. The average Bonchev–Trinajstić information content (AvgIpc) is 2.46. The minimum absolute atomic E-state index is 0.425. The minimum atomic E-state index is -0.475. The fourth-order valence-corrected chi connectivity index (χ4v) is 2.30. The van der Waals surface area contributed by atoms with E-state index >= 15 is 0 Å². The normalized spacial score (nSPS) is 15.7. The Morgan fingerprint density at radius 3 is 2.79 bits per heavy atom. The number of nitrogens with two attached hydrogens (primary N) is 1. The van der Waals surface area contributed by atoms with Gasteiger partial charge in [0.05, 0.1) is 24.3 Å². The van der Waals surface area contributed by atoms with Crippen molar-refractivity contribution in [3.05, 3.63) is 30.1 Å². The quantitative estimate of drug-likeness (QED) is 0.851. The summed E-state index contributed by atoms with van der Waals surface area (Å²) in [7, 11) is 0. The van der Waals surface area contributed by atoms with Crippen LogP contribution in [0.1, 0.15) is 10.4 Å². The van der Waals surface area contributed by atoms with Crippen molar-refractivity contribution in [1.29, 1.82) is 0 Å². The minimum Gasteiger partial charge on any atom is -0.378 e. The number of hydrogen-bond acceptors (Lipinski definition) is 5. The van der Waals surface area contributed by atoms with Crippen LogP contribution >= 0.6 is 0 Å². The molecule has 3 rings (SSSR count). The Hall–Kier alpha value is -2.21. The molecule has 98 valence electrons. The van der Waals surface area contributed by atoms with E-state index < -0.39 is 5.91 Å². The van der Waals surface area contributed by atoms with Crippen LogP contribution in [-0.2, 0) is 4.74 Å². The summed E-state index contributed by atoms with van der Waals surface area (Å²) in [5.41, 5.74) is 6.40. The smallest absolute Gasteiger partial charge is 0.250 e. The van der Waals surface area contributed by atoms with Crippen LogP contribution in [0.2, 0.25) is 0 Å². The number of fused-ring (bicyclic) bond motifs is 1. The lowest BCUT2D eigenvalue weighted by atomic mass is 10.1. The Bertz CT molecular complexity index is 623. The van der Waals surface area contributed by atoms with Gasteiger partial charge in [-0.15, -0.1) is 0 Å². The first-order valence-corrected chi connectivity index (χ1v) is 6.13. The second kappa shape index (κ2) is 4.81. The molecule has 19 heavy (non-hydrogen) atoms. The van der Waals surface area contributed by atoms with Gasteiger partial charge in [-0.05, 0) is 12.1 Å². The topological polar surface area (TPSA) is 81.3 Å². The predicted octanol–water partition coefficient (Wildman–Crippen LogP) is 0.565. The monoisotopic (exact) mass is 258 g/mol. The summed E-state index contributed by atoms with van der Waals surface area (Å²) in [5.74, 6) is 0.355. The number of carbonyl (C=O) groups excluding carboxylic acids is 1. The molecule has 1 amide bonds. The highest BCUT2D eigenvalue weighted by atomic mass is 16.5. The lowest BCUT2D eigenvalue weighted by Gasteiger charge is -2.28. The third-order valence-electron chi connectivity index (χ3n) is 3.22. The van der Waals surface area contributed by atoms with E-state index in [1.165, 1.54) is 6.33 Å². The zero-order valence-electron chi connectivity index (χ0n) is 10.4. The molecular weight excluding hydrogens is 244 g/mol. The van der Waals surface area contributed by atoms with Crippen molar-refractivity contribution < 1.29 is 9.53 Å². The van der Waals surface area contributed by atoms with Gasteiger partial charge in [0.2, 0.25) is 0 Å². The number of rotatable bonds is 2. The number of carbonyl (C=O) groups is 1. The van der Waals surface area contributed by atoms with E-state index in [4.69, 9.17) is 10.5 Å². The van der Waals surface area contributed by atoms with Crippen molar-refractivity contribution in [2.24, 2.45) is 5.73 Å². The molecule has 0 aliphatic carbocycles. The highest BCUT2D eigenvalue weighted by Gasteiger charge is 2.17. The third-order valence-corrected chi connectivity index (χ3v) is 3.22. The predicted molar refractivity (Wildman–Crippen MR) is 71.1 cm³/mol. The Labute approximate surface area is 110 Å². The highest BCUT2D eigenvalue weighted by molar-refractivity contribution is 6.06. The number of anilines is 1. The van der Waals surface area contributed by atoms with Crippen LogP contribution in [0.5, 0.6) is 0 Å². The molecule has 1 aromatic heterocycles. The number of aromatic nitrogens is 2. The summed E-state index contributed by atoms with van der Waals surface area (Å²) in [6.45, 7) is 2.93. The molecule has 0 atom stereocenters. The molecule has 1 fully saturated rings. The molecule has 0 radical (unpaired) electrons. The number of primary amides is 1. The third kappa shape index (κ3) is 2.10. The van der Waals surface area contributed by atoms with E-state index in [1.807, 2.05) is 6.07 Å². The second-order valence-electron chi connectivity index (χ2n) is 4.36. The second-order valence-corrected chi connectivity index (χ2v) is 4.36. The number of para-hydroxylation sites is 1. The molecule has 2 N–H and O–H groups in total. The fourth-order valence-electron chi connectivity index (χ4n) is 2.30. The van der Waals surface area contributed by atoms with Crippen LogP contribution in [0.25, 0.3) is 10.9 Å². The van der Waals surface area contributed by atoms with Gasteiger partial charge < -0.3 is 15.4 Å². The van der Waals surface area contributed by atoms with Crippen molar-refractivity contribution in [1.82, 2.24) is 9.97 Å². The molecule has 2 heterocycles. The molecule has 0 saturated carbocycles. The molecular formula is C13H14N4O2. The van der Waals surface area contributed by atoms with E-state index in [2.05, 4.69) is 14.9 Å². The Kier molecular flexibility index (Phi) is 3.00. The zero-order valence-corrected chi connectivity index (χ0v) is 10.4. The van der Waals surface area contributed by atoms with Crippen LogP contribution in [-0.4, -0.2) is 42.2 Å². The van der Waals surface area contributed by atoms with Gasteiger partial charge in [-0.1, -0.05) is 6.07 Å². The average molecular weight is 258 g/mol. The van der Waals surface area contributed by atoms with E-state index in [-0.39, 0.29) is 0 Å². The van der Waals surface area contributed by atoms with Crippen molar-refractivity contribution in [2.45, 2.75) is 0 Å². The summed E-state index contributed by atoms with van der Waals surface area (Å²) in [4.78, 5) is 22.1. The van der Waals surface area contributed by atoms with Crippen LogP contribution in [0, 0.1) is 0 Å². The van der Waals surface area contributed by atoms with Gasteiger partial charge in [0.25, 0.3) is 5.91 Å². The van der Waals surface area contributed by atoms with E-state index in [1.54, 1.807) is 12.1 Å². The molecule has 1 aliphatic rings. The maximum Gasteiger partial charge on any atom is 0.250 e. The van der Waals surface area contributed by atoms with Gasteiger partial charge in [0.1, 0.15) is 12.1 Å². The van der Waals surface area contributed by atoms with Crippen LogP contribution in [0.4, 0.5) is 5.82 Å². The standard InChI is InChI=1S/C13H14N4O2/c14-12(18)9-2-1-3-10-11(9)15-8-16-13(10)17-4-6-19-7-5-17/h1-3,8H,4-7H2,(H2,14,18). The number of morpholine rings is 1. The number of hydrogen-bond donors (Lipinski definition) is 1. The molecule has 1 aromatic carbocycles. The summed E-state index contributed by atoms with van der Waals surface area (Å²) in [6.07, 6.45) is 1.47. The Morgan fingerprint density at radius 1 is 1.26 bits per heavy atom. The first-order valence-electron chi connectivity index (χ1n) is 6.13. The molecule has 0 spiro atoms. The van der Waals surface area contributed by atoms with Gasteiger partial charge in [0.15, 0.2) is 0 Å². The molecule has 2 aromatic rings. The van der Waals surface area contributed by atoms with Gasteiger partial charge in [0, 0.05) is 18.5 Å². The number of nitrogens with zero attached hydrogens (tertiary/aromatic N) is 3. The summed E-state index contributed by atoms with van der Waals surface area (Å²) < 4.78 is 5.34. The van der Waals surface area contributed by atoms with Gasteiger partial charge in [-0.25, -0.2) is 9.97 Å². The zero-order chi connectivity index (χ0) is 13.2. The Balaban J connectivity index is 2.15. The maximum absolute atomic E-state index is 11.4. The fraction of sp³-hybridized carbons (Fsp3) is 0.308. The highest BCUT2D eigenvalue weighted by Crippen LogP contribution is 2.25. The molecule has 1 aliphatic heterocycles. The lowest BCUT2D eigenvalue weighted by molar-refractivity contribution is 0.100. The number of ether oxygens (including phenoxy) is 1. The maximum atomic E-state index is 11.4. The Morgan fingerprint density at radius 2 is 2.05 bits per heavy atom. The van der Waals surface area contributed by atoms with E-state index in [0.29, 0.717) is 24.3 Å². The van der Waals surface area contributed by atoms with E-state index in [0.717, 1.165) is 24.3 Å². The van der Waals surface area contributed by atoms with Gasteiger partial charge >= 0.3 is 0 Å². The van der Waals surface area contributed by atoms with Gasteiger partial charge in [-0.3, -0.25) is 4.79 Å². The first-order chi connectivity index (χ1) is 9.27. The van der Waals surface area contributed by atoms with Crippen molar-refractivity contribution in [2.75, 3.05) is 31.2 Å².